The lowest BCUT2D eigenvalue weighted by Gasteiger charge is -2.11. The Balaban J connectivity index is 2.89. The molecule has 0 spiro atoms. The molecule has 1 aliphatic rings. The summed E-state index contributed by atoms with van der Waals surface area (Å²) < 4.78 is 0. The summed E-state index contributed by atoms with van der Waals surface area (Å²) >= 11 is 0. The van der Waals surface area contributed by atoms with E-state index in [4.69, 9.17) is 5.11 Å². The van der Waals surface area contributed by atoms with Gasteiger partial charge in [0.2, 0.25) is 5.71 Å². The summed E-state index contributed by atoms with van der Waals surface area (Å²) in [7, 11) is 0. The molecule has 1 aliphatic carbocycles. The van der Waals surface area contributed by atoms with E-state index in [0.717, 1.165) is 6.26 Å². The molecule has 0 aromatic heterocycles. The number of hydrogen-bond donors (Lipinski definition) is 1. The van der Waals surface area contributed by atoms with E-state index in [-0.39, 0.29) is 5.71 Å². The number of benzene rings is 1. The number of allylic oxidation sites excluding steroid dienone is 2. The highest BCUT2D eigenvalue weighted by atomic mass is 16.8. The van der Waals surface area contributed by atoms with Crippen LogP contribution in [0.3, 0.4) is 0 Å². The molecule has 1 aromatic carbocycles. The first-order chi connectivity index (χ1) is 7.24. The van der Waals surface area contributed by atoms with Crippen LogP contribution in [0.25, 0.3) is 12.3 Å². The first-order valence-electron chi connectivity index (χ1n) is 4.37. The van der Waals surface area contributed by atoms with E-state index in [2.05, 4.69) is 0 Å². The van der Waals surface area contributed by atoms with Gasteiger partial charge in [-0.1, -0.05) is 24.3 Å². The Morgan fingerprint density at radius 1 is 1.27 bits per heavy atom. The molecule has 4 nitrogen and oxygen atoms in total. The van der Waals surface area contributed by atoms with Gasteiger partial charge in [-0.2, -0.15) is 4.90 Å². The quantitative estimate of drug-likeness (QED) is 0.480. The highest BCUT2D eigenvalue weighted by Crippen LogP contribution is 1.99. The van der Waals surface area contributed by atoms with Gasteiger partial charge in [0.1, 0.15) is 0 Å². The fraction of sp³-hybridized carbons (Fsp3) is 0. The second-order valence-corrected chi connectivity index (χ2v) is 3.11. The minimum absolute atomic E-state index is 0.0520. The average Bonchev–Trinajstić information content (AvgIpc) is 2.27. The maximum Gasteiger partial charge on any atom is 0.230 e. The van der Waals surface area contributed by atoms with Crippen LogP contribution in [0.1, 0.15) is 5.56 Å². The Kier molecular flexibility index (Phi) is 2.17. The Morgan fingerprint density at radius 2 is 2.07 bits per heavy atom. The average molecular weight is 202 g/mol. The SMILES string of the molecule is [O-][N+]([O-])=C1C=CC=c2c1cccc2=CO. The van der Waals surface area contributed by atoms with E-state index in [1.165, 1.54) is 6.08 Å². The zero-order valence-corrected chi connectivity index (χ0v) is 7.75. The van der Waals surface area contributed by atoms with Gasteiger partial charge in [-0.05, 0) is 11.3 Å². The molecule has 1 aromatic rings. The topological polar surface area (TPSA) is 69.4 Å². The van der Waals surface area contributed by atoms with Crippen molar-refractivity contribution in [2.24, 2.45) is 0 Å². The highest BCUT2D eigenvalue weighted by molar-refractivity contribution is 6.07. The van der Waals surface area contributed by atoms with Gasteiger partial charge in [-0.25, -0.2) is 0 Å². The van der Waals surface area contributed by atoms with Gasteiger partial charge in [0.15, 0.2) is 0 Å². The number of aliphatic hydroxyl groups is 1. The third-order valence-electron chi connectivity index (χ3n) is 2.27. The fourth-order valence-corrected chi connectivity index (χ4v) is 1.59. The minimum atomic E-state index is -0.427. The number of fused-ring (bicyclic) bond motifs is 1. The lowest BCUT2D eigenvalue weighted by molar-refractivity contribution is -0.377. The molecule has 0 saturated carbocycles. The van der Waals surface area contributed by atoms with Crippen LogP contribution in [0, 0.1) is 10.4 Å². The molecule has 4 heteroatoms. The van der Waals surface area contributed by atoms with Gasteiger partial charge >= 0.3 is 0 Å². The van der Waals surface area contributed by atoms with Crippen molar-refractivity contribution in [1.82, 2.24) is 0 Å². The summed E-state index contributed by atoms with van der Waals surface area (Å²) in [4.78, 5) is -0.427. The summed E-state index contributed by atoms with van der Waals surface area (Å²) in [6.45, 7) is 0. The summed E-state index contributed by atoms with van der Waals surface area (Å²) in [5.41, 5.74) is 0.585. The van der Waals surface area contributed by atoms with Crippen molar-refractivity contribution in [3.8, 4) is 0 Å². The number of rotatable bonds is 0. The van der Waals surface area contributed by atoms with E-state index in [1.807, 2.05) is 0 Å². The largest absolute Gasteiger partial charge is 0.612 e. The third kappa shape index (κ3) is 1.46. The molecule has 0 atom stereocenters. The molecule has 0 fully saturated rings. The molecular weight excluding hydrogens is 194 g/mol. The predicted octanol–water partition coefficient (Wildman–Crippen LogP) is 0.130. The second kappa shape index (κ2) is 3.49. The van der Waals surface area contributed by atoms with Crippen LogP contribution in [0.5, 0.6) is 0 Å². The lowest BCUT2D eigenvalue weighted by Crippen LogP contribution is -2.33. The zero-order chi connectivity index (χ0) is 10.8. The van der Waals surface area contributed by atoms with Crippen LogP contribution in [0.2, 0.25) is 0 Å². The molecule has 0 heterocycles. The Bertz CT molecular complexity index is 566. The molecule has 0 radical (unpaired) electrons. The standard InChI is InChI=1S/C11H8NO3/c13-7-8-3-1-5-10-9(8)4-2-6-11(10)12(14)15/h1-7H,(H-,13,14,15)/q-1. The van der Waals surface area contributed by atoms with Crippen molar-refractivity contribution >= 4 is 18.0 Å². The molecule has 0 unspecified atom stereocenters. The van der Waals surface area contributed by atoms with E-state index < -0.39 is 4.90 Å². The van der Waals surface area contributed by atoms with Crippen molar-refractivity contribution in [1.29, 1.82) is 0 Å². The Morgan fingerprint density at radius 3 is 2.73 bits per heavy atom. The lowest BCUT2D eigenvalue weighted by atomic mass is 10.0. The van der Waals surface area contributed by atoms with Crippen molar-refractivity contribution < 1.29 is 10.0 Å². The van der Waals surface area contributed by atoms with E-state index in [0.29, 0.717) is 16.0 Å². The van der Waals surface area contributed by atoms with Gasteiger partial charge in [0.05, 0.1) is 11.8 Å². The second-order valence-electron chi connectivity index (χ2n) is 3.11. The summed E-state index contributed by atoms with van der Waals surface area (Å²) in [5, 5.41) is 31.7. The molecule has 0 bridgehead atoms. The van der Waals surface area contributed by atoms with Crippen LogP contribution in [-0.2, 0) is 0 Å². The molecule has 1 N–H and O–H groups in total. The normalized spacial score (nSPS) is 14.7. The van der Waals surface area contributed by atoms with Gasteiger partial charge < -0.3 is 15.5 Å². The molecule has 0 saturated heterocycles. The number of aliphatic hydroxyl groups excluding tert-OH is 1. The minimum Gasteiger partial charge on any atom is -0.612 e. The Hall–Kier alpha value is -2.23. The molecule has 0 amide bonds. The third-order valence-corrected chi connectivity index (χ3v) is 2.27. The van der Waals surface area contributed by atoms with Crippen molar-refractivity contribution in [2.75, 3.05) is 0 Å². The van der Waals surface area contributed by atoms with Crippen LogP contribution < -0.4 is 10.4 Å². The number of hydrogen-bond acceptors (Lipinski definition) is 3. The van der Waals surface area contributed by atoms with E-state index in [1.54, 1.807) is 30.4 Å². The van der Waals surface area contributed by atoms with E-state index in [9.17, 15) is 10.4 Å². The monoisotopic (exact) mass is 202 g/mol. The Labute approximate surface area is 85.6 Å². The smallest absolute Gasteiger partial charge is 0.230 e. The first kappa shape index (κ1) is 9.33. The predicted molar refractivity (Wildman–Crippen MR) is 57.5 cm³/mol. The van der Waals surface area contributed by atoms with Crippen LogP contribution >= 0.6 is 0 Å². The summed E-state index contributed by atoms with van der Waals surface area (Å²) in [5.74, 6) is 0. The van der Waals surface area contributed by atoms with Crippen molar-refractivity contribution in [3.05, 3.63) is 56.8 Å². The zero-order valence-electron chi connectivity index (χ0n) is 7.75. The first-order valence-corrected chi connectivity index (χ1v) is 4.37. The molecule has 76 valence electrons. The summed E-state index contributed by atoms with van der Waals surface area (Å²) in [6.07, 6.45) is 5.74. The molecular formula is C11H8NO3-. The van der Waals surface area contributed by atoms with Gasteiger partial charge in [-0.15, -0.1) is 0 Å². The van der Waals surface area contributed by atoms with Crippen LogP contribution in [-0.4, -0.2) is 15.7 Å². The highest BCUT2D eigenvalue weighted by Gasteiger charge is 2.11. The maximum atomic E-state index is 10.7. The fourth-order valence-electron chi connectivity index (χ4n) is 1.59. The van der Waals surface area contributed by atoms with Gasteiger partial charge in [0, 0.05) is 11.3 Å². The van der Waals surface area contributed by atoms with E-state index >= 15 is 0 Å². The molecule has 0 aliphatic heterocycles. The van der Waals surface area contributed by atoms with Crippen LogP contribution in [0.15, 0.2) is 30.4 Å². The number of nitrogens with zero attached hydrogens (tertiary/aromatic N) is 1. The van der Waals surface area contributed by atoms with Gasteiger partial charge in [-0.3, -0.25) is 0 Å². The van der Waals surface area contributed by atoms with Crippen molar-refractivity contribution in [2.45, 2.75) is 0 Å². The summed E-state index contributed by atoms with van der Waals surface area (Å²) in [6, 6.07) is 5.05. The maximum absolute atomic E-state index is 10.7. The van der Waals surface area contributed by atoms with Crippen LogP contribution in [0.4, 0.5) is 0 Å². The molecule has 15 heavy (non-hydrogen) atoms. The molecule has 2 rings (SSSR count). The van der Waals surface area contributed by atoms with Gasteiger partial charge in [0.25, 0.3) is 0 Å². The van der Waals surface area contributed by atoms with Crippen molar-refractivity contribution in [3.63, 3.8) is 0 Å².